The van der Waals surface area contributed by atoms with Gasteiger partial charge in [0.15, 0.2) is 0 Å². The fourth-order valence-electron chi connectivity index (χ4n) is 1.77. The zero-order valence-corrected chi connectivity index (χ0v) is 9.65. The third-order valence-electron chi connectivity index (χ3n) is 2.58. The second-order valence-corrected chi connectivity index (χ2v) is 4.48. The first-order valence-electron chi connectivity index (χ1n) is 5.12. The minimum Gasteiger partial charge on any atom is -0.288 e. The van der Waals surface area contributed by atoms with E-state index in [1.165, 1.54) is 11.3 Å². The topological polar surface area (TPSA) is 42.9 Å². The van der Waals surface area contributed by atoms with Crippen molar-refractivity contribution in [3.63, 3.8) is 0 Å². The zero-order chi connectivity index (χ0) is 11.7. The molecule has 0 saturated carbocycles. The monoisotopic (exact) mass is 240 g/mol. The van der Waals surface area contributed by atoms with Crippen LogP contribution in [0.2, 0.25) is 0 Å². The van der Waals surface area contributed by atoms with Gasteiger partial charge in [-0.15, -0.1) is 11.3 Å². The summed E-state index contributed by atoms with van der Waals surface area (Å²) in [6.45, 7) is 0. The van der Waals surface area contributed by atoms with Gasteiger partial charge in [0.1, 0.15) is 0 Å². The highest BCUT2D eigenvalue weighted by atomic mass is 32.1. The number of fused-ring (bicyclic) bond motifs is 1. The predicted molar refractivity (Wildman–Crippen MR) is 67.3 cm³/mol. The Labute approximate surface area is 102 Å². The predicted octanol–water partition coefficient (Wildman–Crippen LogP) is 2.92. The Hall–Kier alpha value is -2.07. The number of aromatic nitrogens is 2. The van der Waals surface area contributed by atoms with Gasteiger partial charge in [0.05, 0.1) is 10.4 Å². The molecule has 3 aromatic rings. The average molecular weight is 240 g/mol. The first-order valence-corrected chi connectivity index (χ1v) is 6.00. The van der Waals surface area contributed by atoms with E-state index in [-0.39, 0.29) is 5.78 Å². The molecule has 0 amide bonds. The van der Waals surface area contributed by atoms with Crippen molar-refractivity contribution in [1.29, 1.82) is 0 Å². The van der Waals surface area contributed by atoms with E-state index in [0.717, 1.165) is 10.8 Å². The Kier molecular flexibility index (Phi) is 2.42. The maximum atomic E-state index is 12.3. The third-order valence-corrected chi connectivity index (χ3v) is 3.36. The minimum atomic E-state index is 0.00565. The van der Waals surface area contributed by atoms with Gasteiger partial charge in [0.25, 0.3) is 0 Å². The van der Waals surface area contributed by atoms with Crippen molar-refractivity contribution in [1.82, 2.24) is 9.97 Å². The average Bonchev–Trinajstić information content (AvgIpc) is 2.91. The fraction of sp³-hybridized carbons (Fsp3) is 0. The van der Waals surface area contributed by atoms with E-state index in [2.05, 4.69) is 9.97 Å². The Morgan fingerprint density at radius 2 is 2.06 bits per heavy atom. The van der Waals surface area contributed by atoms with Gasteiger partial charge in [-0.25, -0.2) is 0 Å². The summed E-state index contributed by atoms with van der Waals surface area (Å²) in [6, 6.07) is 7.59. The number of carbonyl (C=O) groups excluding carboxylic acids is 1. The third kappa shape index (κ3) is 1.72. The summed E-state index contributed by atoms with van der Waals surface area (Å²) >= 11 is 1.35. The summed E-state index contributed by atoms with van der Waals surface area (Å²) < 4.78 is 0. The van der Waals surface area contributed by atoms with Gasteiger partial charge in [0.2, 0.25) is 5.78 Å². The highest BCUT2D eigenvalue weighted by molar-refractivity contribution is 7.12. The molecule has 2 aromatic heterocycles. The molecule has 82 valence electrons. The van der Waals surface area contributed by atoms with E-state index in [4.69, 9.17) is 0 Å². The number of carbonyl (C=O) groups is 1. The summed E-state index contributed by atoms with van der Waals surface area (Å²) in [4.78, 5) is 20.9. The lowest BCUT2D eigenvalue weighted by Crippen LogP contribution is -1.99. The number of pyridine rings is 1. The van der Waals surface area contributed by atoms with Gasteiger partial charge in [-0.1, -0.05) is 18.2 Å². The molecule has 0 atom stereocenters. The molecule has 0 fully saturated rings. The Bertz CT molecular complexity index is 671. The van der Waals surface area contributed by atoms with Crippen molar-refractivity contribution in [3.05, 3.63) is 58.8 Å². The second kappa shape index (κ2) is 4.07. The largest absolute Gasteiger partial charge is 0.288 e. The number of benzene rings is 1. The maximum Gasteiger partial charge on any atom is 0.205 e. The van der Waals surface area contributed by atoms with Crippen LogP contribution in [0.15, 0.2) is 48.4 Å². The smallest absolute Gasteiger partial charge is 0.205 e. The molecule has 3 nitrogen and oxygen atoms in total. The maximum absolute atomic E-state index is 12.3. The number of nitrogens with zero attached hydrogens (tertiary/aromatic N) is 2. The van der Waals surface area contributed by atoms with Crippen LogP contribution in [0.5, 0.6) is 0 Å². The van der Waals surface area contributed by atoms with E-state index in [1.54, 1.807) is 24.1 Å². The van der Waals surface area contributed by atoms with Crippen molar-refractivity contribution in [2.45, 2.75) is 0 Å². The second-order valence-electron chi connectivity index (χ2n) is 3.60. The molecule has 0 N–H and O–H groups in total. The summed E-state index contributed by atoms with van der Waals surface area (Å²) in [7, 11) is 0. The molecule has 0 spiro atoms. The number of thiazole rings is 1. The number of ketones is 1. The first-order chi connectivity index (χ1) is 8.36. The molecule has 17 heavy (non-hydrogen) atoms. The van der Waals surface area contributed by atoms with E-state index >= 15 is 0 Å². The van der Waals surface area contributed by atoms with Crippen LogP contribution in [0.3, 0.4) is 0 Å². The van der Waals surface area contributed by atoms with Gasteiger partial charge in [-0.2, -0.15) is 0 Å². The van der Waals surface area contributed by atoms with Crippen molar-refractivity contribution in [3.8, 4) is 0 Å². The number of hydrogen-bond acceptors (Lipinski definition) is 4. The Morgan fingerprint density at radius 1 is 1.12 bits per heavy atom. The van der Waals surface area contributed by atoms with Gasteiger partial charge >= 0.3 is 0 Å². The van der Waals surface area contributed by atoms with Crippen LogP contribution in [0.4, 0.5) is 0 Å². The Morgan fingerprint density at radius 3 is 2.88 bits per heavy atom. The molecule has 0 saturated heterocycles. The number of rotatable bonds is 2. The molecule has 3 rings (SSSR count). The first kappa shape index (κ1) is 10.1. The van der Waals surface area contributed by atoms with Crippen LogP contribution in [-0.2, 0) is 0 Å². The van der Waals surface area contributed by atoms with Crippen LogP contribution in [0, 0.1) is 0 Å². The van der Waals surface area contributed by atoms with Crippen molar-refractivity contribution < 1.29 is 4.79 Å². The van der Waals surface area contributed by atoms with E-state index < -0.39 is 0 Å². The van der Waals surface area contributed by atoms with Crippen LogP contribution < -0.4 is 0 Å². The van der Waals surface area contributed by atoms with E-state index in [0.29, 0.717) is 10.4 Å². The summed E-state index contributed by atoms with van der Waals surface area (Å²) in [5, 5.41) is 1.91. The van der Waals surface area contributed by atoms with Gasteiger partial charge < -0.3 is 0 Å². The summed E-state index contributed by atoms with van der Waals surface area (Å²) in [5.41, 5.74) is 2.34. The molecule has 0 aliphatic rings. The van der Waals surface area contributed by atoms with Crippen molar-refractivity contribution in [2.75, 3.05) is 0 Å². The van der Waals surface area contributed by atoms with Gasteiger partial charge in [-0.05, 0) is 11.5 Å². The molecule has 0 aliphatic carbocycles. The van der Waals surface area contributed by atoms with Crippen LogP contribution in [0.1, 0.15) is 15.2 Å². The summed E-state index contributed by atoms with van der Waals surface area (Å²) in [5.74, 6) is 0.00565. The molecule has 0 unspecified atom stereocenters. The van der Waals surface area contributed by atoms with Crippen LogP contribution >= 0.6 is 11.3 Å². The lowest BCUT2D eigenvalue weighted by atomic mass is 10.0. The lowest BCUT2D eigenvalue weighted by Gasteiger charge is -2.03. The quantitative estimate of drug-likeness (QED) is 0.647. The van der Waals surface area contributed by atoms with Crippen molar-refractivity contribution in [2.24, 2.45) is 0 Å². The standard InChI is InChI=1S/C13H8N2OS/c16-13(12-7-15-8-17-12)10-3-1-2-9-4-5-14-6-11(9)10/h1-8H. The fourth-order valence-corrected chi connectivity index (χ4v) is 2.35. The molecule has 1 aromatic carbocycles. The Balaban J connectivity index is 2.21. The molecule has 4 heteroatoms. The SMILES string of the molecule is O=C(c1cncs1)c1cccc2ccncc12. The van der Waals surface area contributed by atoms with Crippen LogP contribution in [0.25, 0.3) is 10.8 Å². The lowest BCUT2D eigenvalue weighted by molar-refractivity contribution is 0.104. The zero-order valence-electron chi connectivity index (χ0n) is 8.83. The number of hydrogen-bond donors (Lipinski definition) is 0. The highest BCUT2D eigenvalue weighted by Crippen LogP contribution is 2.21. The van der Waals surface area contributed by atoms with Crippen LogP contribution in [-0.4, -0.2) is 15.8 Å². The van der Waals surface area contributed by atoms with E-state index in [1.807, 2.05) is 24.3 Å². The van der Waals surface area contributed by atoms with Gasteiger partial charge in [0, 0.05) is 29.5 Å². The summed E-state index contributed by atoms with van der Waals surface area (Å²) in [6.07, 6.45) is 5.05. The van der Waals surface area contributed by atoms with Gasteiger partial charge in [-0.3, -0.25) is 14.8 Å². The van der Waals surface area contributed by atoms with Crippen molar-refractivity contribution >= 4 is 27.9 Å². The molecule has 0 radical (unpaired) electrons. The minimum absolute atomic E-state index is 0.00565. The molecule has 0 bridgehead atoms. The van der Waals surface area contributed by atoms with E-state index in [9.17, 15) is 4.79 Å². The normalized spacial score (nSPS) is 10.6. The highest BCUT2D eigenvalue weighted by Gasteiger charge is 2.13. The molecular weight excluding hydrogens is 232 g/mol. The molecular formula is C13H8N2OS. The molecule has 0 aliphatic heterocycles. The molecule has 2 heterocycles.